The maximum Gasteiger partial charge on any atom is 0.343 e. The predicted octanol–water partition coefficient (Wildman–Crippen LogP) is 4.62. The molecule has 20 heavy (non-hydrogen) atoms. The van der Waals surface area contributed by atoms with Gasteiger partial charge in [-0.3, -0.25) is 0 Å². The van der Waals surface area contributed by atoms with Gasteiger partial charge in [0.25, 0.3) is 0 Å². The van der Waals surface area contributed by atoms with Crippen LogP contribution in [0.15, 0.2) is 41.7 Å². The second-order valence-electron chi connectivity index (χ2n) is 4.96. The van der Waals surface area contributed by atoms with E-state index in [4.69, 9.17) is 4.74 Å². The monoisotopic (exact) mass is 274 g/mol. The van der Waals surface area contributed by atoms with E-state index < -0.39 is 0 Å². The third kappa shape index (κ3) is 4.05. The first-order chi connectivity index (χ1) is 9.69. The third-order valence-electron chi connectivity index (χ3n) is 3.24. The van der Waals surface area contributed by atoms with Gasteiger partial charge in [-0.25, -0.2) is 9.18 Å². The molecule has 3 heteroatoms. The Morgan fingerprint density at radius 1 is 1.15 bits per heavy atom. The van der Waals surface area contributed by atoms with Crippen LogP contribution in [0.5, 0.6) is 0 Å². The molecule has 106 valence electrons. The van der Waals surface area contributed by atoms with E-state index in [1.165, 1.54) is 25.0 Å². The van der Waals surface area contributed by atoms with Crippen LogP contribution in [0.1, 0.15) is 44.6 Å². The summed E-state index contributed by atoms with van der Waals surface area (Å²) in [5.74, 6) is 0.132. The number of ether oxygens (including phenoxy) is 1. The Balaban J connectivity index is 1.99. The summed E-state index contributed by atoms with van der Waals surface area (Å²) in [6.07, 6.45) is 8.90. The highest BCUT2D eigenvalue weighted by atomic mass is 19.1. The van der Waals surface area contributed by atoms with Crippen molar-refractivity contribution in [3.05, 3.63) is 53.1 Å². The quantitative estimate of drug-likeness (QED) is 0.430. The number of hydrogen-bond donors (Lipinski definition) is 0. The standard InChI is InChI=1S/C17H19FO2/c1-2-3-4-5-6-16-12-14(17(19)20-16)11-13-7-9-15(18)10-8-13/h7-12H,2-6H2,1H3/b14-11+. The zero-order valence-corrected chi connectivity index (χ0v) is 11.7. The molecule has 0 unspecified atom stereocenters. The number of esters is 1. The van der Waals surface area contributed by atoms with Crippen molar-refractivity contribution in [3.8, 4) is 0 Å². The number of rotatable bonds is 6. The Hall–Kier alpha value is -1.90. The van der Waals surface area contributed by atoms with Crippen molar-refractivity contribution in [2.75, 3.05) is 0 Å². The highest BCUT2D eigenvalue weighted by molar-refractivity contribution is 5.99. The lowest BCUT2D eigenvalue weighted by Crippen LogP contribution is -1.97. The van der Waals surface area contributed by atoms with Gasteiger partial charge in [-0.05, 0) is 36.3 Å². The second-order valence-corrected chi connectivity index (χ2v) is 4.96. The van der Waals surface area contributed by atoms with E-state index in [0.29, 0.717) is 5.57 Å². The van der Waals surface area contributed by atoms with Crippen molar-refractivity contribution in [1.29, 1.82) is 0 Å². The second kappa shape index (κ2) is 7.04. The van der Waals surface area contributed by atoms with Gasteiger partial charge in [0.1, 0.15) is 11.6 Å². The van der Waals surface area contributed by atoms with Crippen LogP contribution in [0.4, 0.5) is 4.39 Å². The molecule has 0 aromatic heterocycles. The average Bonchev–Trinajstić information content (AvgIpc) is 2.78. The Labute approximate surface area is 119 Å². The molecule has 1 aliphatic heterocycles. The van der Waals surface area contributed by atoms with Crippen LogP contribution in [0.25, 0.3) is 6.08 Å². The molecule has 0 amide bonds. The first-order valence-electron chi connectivity index (χ1n) is 7.09. The van der Waals surface area contributed by atoms with Gasteiger partial charge in [0.2, 0.25) is 0 Å². The molecule has 0 atom stereocenters. The largest absolute Gasteiger partial charge is 0.427 e. The molecule has 1 aromatic rings. The molecule has 0 aliphatic carbocycles. The highest BCUT2D eigenvalue weighted by Crippen LogP contribution is 2.24. The minimum atomic E-state index is -0.320. The SMILES string of the molecule is CCCCCCC1=C/C(=C\c2ccc(F)cc2)C(=O)O1. The molecule has 0 spiro atoms. The van der Waals surface area contributed by atoms with Gasteiger partial charge < -0.3 is 4.74 Å². The molecule has 1 aromatic carbocycles. The Bertz CT molecular complexity index is 526. The summed E-state index contributed by atoms with van der Waals surface area (Å²) in [5, 5.41) is 0. The van der Waals surface area contributed by atoms with Crippen LogP contribution in [-0.2, 0) is 9.53 Å². The topological polar surface area (TPSA) is 26.3 Å². The molecular formula is C17H19FO2. The number of carbonyl (C=O) groups excluding carboxylic acids is 1. The van der Waals surface area contributed by atoms with Crippen molar-refractivity contribution >= 4 is 12.0 Å². The summed E-state index contributed by atoms with van der Waals surface area (Å²) >= 11 is 0. The van der Waals surface area contributed by atoms with Gasteiger partial charge in [0, 0.05) is 6.42 Å². The van der Waals surface area contributed by atoms with Crippen molar-refractivity contribution in [1.82, 2.24) is 0 Å². The van der Waals surface area contributed by atoms with E-state index >= 15 is 0 Å². The summed E-state index contributed by atoms with van der Waals surface area (Å²) in [7, 11) is 0. The molecule has 0 N–H and O–H groups in total. The zero-order valence-electron chi connectivity index (χ0n) is 11.7. The summed E-state index contributed by atoms with van der Waals surface area (Å²) < 4.78 is 18.0. The minimum absolute atomic E-state index is 0.284. The van der Waals surface area contributed by atoms with Gasteiger partial charge in [-0.15, -0.1) is 0 Å². The third-order valence-corrected chi connectivity index (χ3v) is 3.24. The molecule has 0 saturated carbocycles. The van der Waals surface area contributed by atoms with E-state index in [9.17, 15) is 9.18 Å². The maximum atomic E-state index is 12.8. The Morgan fingerprint density at radius 3 is 2.60 bits per heavy atom. The first-order valence-corrected chi connectivity index (χ1v) is 7.09. The molecule has 0 saturated heterocycles. The molecule has 0 bridgehead atoms. The normalized spacial score (nSPS) is 16.4. The lowest BCUT2D eigenvalue weighted by Gasteiger charge is -2.00. The van der Waals surface area contributed by atoms with E-state index in [-0.39, 0.29) is 11.8 Å². The van der Waals surface area contributed by atoms with Gasteiger partial charge in [0.15, 0.2) is 0 Å². The van der Waals surface area contributed by atoms with E-state index in [2.05, 4.69) is 6.92 Å². The number of carbonyl (C=O) groups is 1. The van der Waals surface area contributed by atoms with Crippen molar-refractivity contribution in [3.63, 3.8) is 0 Å². The van der Waals surface area contributed by atoms with Gasteiger partial charge in [-0.1, -0.05) is 38.3 Å². The fraction of sp³-hybridized carbons (Fsp3) is 0.353. The Morgan fingerprint density at radius 2 is 1.90 bits per heavy atom. The average molecular weight is 274 g/mol. The fourth-order valence-electron chi connectivity index (χ4n) is 2.13. The molecule has 0 radical (unpaired) electrons. The number of halogens is 1. The summed E-state index contributed by atoms with van der Waals surface area (Å²) in [6.45, 7) is 2.17. The minimum Gasteiger partial charge on any atom is -0.427 e. The summed E-state index contributed by atoms with van der Waals surface area (Å²) in [6, 6.07) is 6.04. The highest BCUT2D eigenvalue weighted by Gasteiger charge is 2.20. The predicted molar refractivity (Wildman–Crippen MR) is 77.3 cm³/mol. The molecule has 2 rings (SSSR count). The number of cyclic esters (lactones) is 1. The lowest BCUT2D eigenvalue weighted by atomic mass is 10.1. The number of allylic oxidation sites excluding steroid dienone is 1. The van der Waals surface area contributed by atoms with Crippen LogP contribution in [0.3, 0.4) is 0 Å². The van der Waals surface area contributed by atoms with Crippen LogP contribution >= 0.6 is 0 Å². The molecule has 2 nitrogen and oxygen atoms in total. The molecular weight excluding hydrogens is 255 g/mol. The van der Waals surface area contributed by atoms with E-state index in [1.807, 2.05) is 0 Å². The lowest BCUT2D eigenvalue weighted by molar-refractivity contribution is -0.133. The number of hydrogen-bond acceptors (Lipinski definition) is 2. The van der Waals surface area contributed by atoms with Crippen LogP contribution in [0.2, 0.25) is 0 Å². The Kier molecular flexibility index (Phi) is 5.10. The van der Waals surface area contributed by atoms with E-state index in [0.717, 1.165) is 30.6 Å². The summed E-state index contributed by atoms with van der Waals surface area (Å²) in [4.78, 5) is 11.7. The van der Waals surface area contributed by atoms with Crippen molar-refractivity contribution in [2.45, 2.75) is 39.0 Å². The number of unbranched alkanes of at least 4 members (excludes halogenated alkanes) is 3. The fourth-order valence-corrected chi connectivity index (χ4v) is 2.13. The van der Waals surface area contributed by atoms with Gasteiger partial charge >= 0.3 is 5.97 Å². The van der Waals surface area contributed by atoms with Gasteiger partial charge in [0.05, 0.1) is 5.57 Å². The molecule has 1 aliphatic rings. The van der Waals surface area contributed by atoms with Crippen LogP contribution in [-0.4, -0.2) is 5.97 Å². The van der Waals surface area contributed by atoms with Crippen molar-refractivity contribution in [2.24, 2.45) is 0 Å². The zero-order chi connectivity index (χ0) is 14.4. The maximum absolute atomic E-state index is 12.8. The summed E-state index contributed by atoms with van der Waals surface area (Å²) in [5.41, 5.74) is 1.32. The first kappa shape index (κ1) is 14.5. The van der Waals surface area contributed by atoms with Crippen LogP contribution in [0, 0.1) is 5.82 Å². The molecule has 1 heterocycles. The number of benzene rings is 1. The van der Waals surface area contributed by atoms with Crippen LogP contribution < -0.4 is 0 Å². The smallest absolute Gasteiger partial charge is 0.343 e. The van der Waals surface area contributed by atoms with E-state index in [1.54, 1.807) is 24.3 Å². The van der Waals surface area contributed by atoms with Gasteiger partial charge in [-0.2, -0.15) is 0 Å². The van der Waals surface area contributed by atoms with Crippen molar-refractivity contribution < 1.29 is 13.9 Å². The molecule has 0 fully saturated rings.